The molecule has 1 saturated carbocycles. The van der Waals surface area contributed by atoms with Gasteiger partial charge < -0.3 is 4.74 Å². The third-order valence-corrected chi connectivity index (χ3v) is 3.01. The van der Waals surface area contributed by atoms with Crippen LogP contribution in [0.25, 0.3) is 0 Å². The van der Waals surface area contributed by atoms with Gasteiger partial charge in [-0.2, -0.15) is 0 Å². The van der Waals surface area contributed by atoms with Crippen LogP contribution in [0.3, 0.4) is 0 Å². The van der Waals surface area contributed by atoms with E-state index in [0.29, 0.717) is 12.2 Å². The summed E-state index contributed by atoms with van der Waals surface area (Å²) in [4.78, 5) is 11.5. The van der Waals surface area contributed by atoms with Gasteiger partial charge in [-0.3, -0.25) is 4.79 Å². The highest BCUT2D eigenvalue weighted by molar-refractivity contribution is 5.78. The summed E-state index contributed by atoms with van der Waals surface area (Å²) in [5, 5.41) is 0. The molecule has 2 fully saturated rings. The zero-order valence-corrected chi connectivity index (χ0v) is 8.13. The number of rotatable bonds is 5. The minimum Gasteiger partial charge on any atom is -0.378 e. The fourth-order valence-corrected chi connectivity index (χ4v) is 1.93. The number of hydrogen-bond acceptors (Lipinski definition) is 2. The van der Waals surface area contributed by atoms with Crippen molar-refractivity contribution in [2.45, 2.75) is 51.0 Å². The molecule has 1 unspecified atom stereocenters. The highest BCUT2D eigenvalue weighted by Crippen LogP contribution is 2.33. The summed E-state index contributed by atoms with van der Waals surface area (Å²) in [7, 11) is 0. The Kier molecular flexibility index (Phi) is 2.99. The Labute approximate surface area is 79.7 Å². The van der Waals surface area contributed by atoms with Gasteiger partial charge in [-0.05, 0) is 25.2 Å². The van der Waals surface area contributed by atoms with E-state index in [9.17, 15) is 4.79 Å². The van der Waals surface area contributed by atoms with Crippen LogP contribution in [0, 0.1) is 5.92 Å². The molecule has 0 aromatic heterocycles. The molecule has 1 saturated heterocycles. The Morgan fingerprint density at radius 2 is 2.15 bits per heavy atom. The first kappa shape index (κ1) is 9.20. The number of ether oxygens (including phenoxy) is 1. The molecule has 2 nitrogen and oxygen atoms in total. The number of Topliss-reactive ketones (excluding diaryl/α,β-unsaturated/α-hetero) is 1. The molecular weight excluding hydrogens is 164 g/mol. The second kappa shape index (κ2) is 4.23. The molecule has 1 atom stereocenters. The van der Waals surface area contributed by atoms with E-state index in [0.717, 1.165) is 38.2 Å². The normalized spacial score (nSPS) is 27.8. The first-order valence-electron chi connectivity index (χ1n) is 5.48. The van der Waals surface area contributed by atoms with Gasteiger partial charge in [-0.1, -0.05) is 12.8 Å². The smallest absolute Gasteiger partial charge is 0.135 e. The average Bonchev–Trinajstić information content (AvgIpc) is 2.82. The van der Waals surface area contributed by atoms with Crippen LogP contribution in [0.4, 0.5) is 0 Å². The third-order valence-electron chi connectivity index (χ3n) is 3.01. The largest absolute Gasteiger partial charge is 0.378 e. The fourth-order valence-electron chi connectivity index (χ4n) is 1.93. The molecule has 2 heteroatoms. The highest BCUT2D eigenvalue weighted by atomic mass is 16.5. The summed E-state index contributed by atoms with van der Waals surface area (Å²) in [6.07, 6.45) is 7.80. The van der Waals surface area contributed by atoms with E-state index in [4.69, 9.17) is 4.74 Å². The van der Waals surface area contributed by atoms with E-state index in [1.165, 1.54) is 12.8 Å². The number of carbonyl (C=O) groups is 1. The van der Waals surface area contributed by atoms with Crippen LogP contribution >= 0.6 is 0 Å². The zero-order valence-electron chi connectivity index (χ0n) is 8.13. The summed E-state index contributed by atoms with van der Waals surface area (Å²) in [5.41, 5.74) is 0. The van der Waals surface area contributed by atoms with Crippen LogP contribution in [-0.4, -0.2) is 18.5 Å². The maximum absolute atomic E-state index is 11.5. The standard InChI is InChI=1S/C11H18O2/c12-10(6-5-9-3-4-9)8-11-2-1-7-13-11/h9,11H,1-8H2. The zero-order chi connectivity index (χ0) is 9.10. The highest BCUT2D eigenvalue weighted by Gasteiger charge is 2.23. The van der Waals surface area contributed by atoms with Gasteiger partial charge in [-0.15, -0.1) is 0 Å². The summed E-state index contributed by atoms with van der Waals surface area (Å²) >= 11 is 0. The van der Waals surface area contributed by atoms with Crippen molar-refractivity contribution in [3.8, 4) is 0 Å². The maximum atomic E-state index is 11.5. The van der Waals surface area contributed by atoms with E-state index in [1.54, 1.807) is 0 Å². The molecule has 0 radical (unpaired) electrons. The first-order valence-corrected chi connectivity index (χ1v) is 5.48. The summed E-state index contributed by atoms with van der Waals surface area (Å²) in [5.74, 6) is 1.30. The van der Waals surface area contributed by atoms with Crippen LogP contribution in [0.1, 0.15) is 44.9 Å². The van der Waals surface area contributed by atoms with E-state index >= 15 is 0 Å². The lowest BCUT2D eigenvalue weighted by atomic mass is 10.1. The topological polar surface area (TPSA) is 26.3 Å². The molecule has 13 heavy (non-hydrogen) atoms. The molecular formula is C11H18O2. The molecule has 0 bridgehead atoms. The van der Waals surface area contributed by atoms with Gasteiger partial charge >= 0.3 is 0 Å². The minimum absolute atomic E-state index is 0.256. The minimum atomic E-state index is 0.256. The Balaban J connectivity index is 1.59. The number of hydrogen-bond donors (Lipinski definition) is 0. The van der Waals surface area contributed by atoms with E-state index in [2.05, 4.69) is 0 Å². The molecule has 0 spiro atoms. The molecule has 1 heterocycles. The number of ketones is 1. The van der Waals surface area contributed by atoms with Crippen LogP contribution < -0.4 is 0 Å². The number of carbonyl (C=O) groups excluding carboxylic acids is 1. The SMILES string of the molecule is O=C(CCC1CC1)CC1CCCO1. The van der Waals surface area contributed by atoms with E-state index in [-0.39, 0.29) is 6.10 Å². The van der Waals surface area contributed by atoms with Gasteiger partial charge in [0.05, 0.1) is 6.10 Å². The van der Waals surface area contributed by atoms with Gasteiger partial charge in [0.15, 0.2) is 0 Å². The lowest BCUT2D eigenvalue weighted by Gasteiger charge is -2.07. The molecule has 0 aromatic carbocycles. The molecule has 2 rings (SSSR count). The Hall–Kier alpha value is -0.370. The van der Waals surface area contributed by atoms with E-state index < -0.39 is 0 Å². The van der Waals surface area contributed by atoms with Crippen LogP contribution in [0.5, 0.6) is 0 Å². The predicted octanol–water partition coefficient (Wildman–Crippen LogP) is 2.31. The second-order valence-electron chi connectivity index (χ2n) is 4.36. The fraction of sp³-hybridized carbons (Fsp3) is 0.909. The first-order chi connectivity index (χ1) is 6.34. The average molecular weight is 182 g/mol. The summed E-state index contributed by atoms with van der Waals surface area (Å²) in [6.45, 7) is 0.862. The lowest BCUT2D eigenvalue weighted by Crippen LogP contribution is -2.12. The van der Waals surface area contributed by atoms with Crippen LogP contribution in [0.15, 0.2) is 0 Å². The van der Waals surface area contributed by atoms with E-state index in [1.807, 2.05) is 0 Å². The Morgan fingerprint density at radius 1 is 1.31 bits per heavy atom. The van der Waals surface area contributed by atoms with Gasteiger partial charge in [0.25, 0.3) is 0 Å². The Bertz CT molecular complexity index is 179. The maximum Gasteiger partial charge on any atom is 0.135 e. The third kappa shape index (κ3) is 3.11. The molecule has 0 amide bonds. The van der Waals surface area contributed by atoms with Crippen molar-refractivity contribution in [1.29, 1.82) is 0 Å². The predicted molar refractivity (Wildman–Crippen MR) is 50.6 cm³/mol. The van der Waals surface area contributed by atoms with Crippen LogP contribution in [-0.2, 0) is 9.53 Å². The van der Waals surface area contributed by atoms with Crippen molar-refractivity contribution in [3.05, 3.63) is 0 Å². The molecule has 1 aliphatic carbocycles. The Morgan fingerprint density at radius 3 is 2.77 bits per heavy atom. The van der Waals surface area contributed by atoms with Gasteiger partial charge in [0.2, 0.25) is 0 Å². The quantitative estimate of drug-likeness (QED) is 0.652. The monoisotopic (exact) mass is 182 g/mol. The molecule has 0 aromatic rings. The van der Waals surface area contributed by atoms with Crippen LogP contribution in [0.2, 0.25) is 0 Å². The van der Waals surface area contributed by atoms with Crippen molar-refractivity contribution in [1.82, 2.24) is 0 Å². The summed E-state index contributed by atoms with van der Waals surface area (Å²) < 4.78 is 5.43. The molecule has 2 aliphatic rings. The van der Waals surface area contributed by atoms with Crippen molar-refractivity contribution < 1.29 is 9.53 Å². The van der Waals surface area contributed by atoms with Gasteiger partial charge in [-0.25, -0.2) is 0 Å². The van der Waals surface area contributed by atoms with Gasteiger partial charge in [0, 0.05) is 19.4 Å². The second-order valence-corrected chi connectivity index (χ2v) is 4.36. The van der Waals surface area contributed by atoms with Crippen molar-refractivity contribution in [2.24, 2.45) is 5.92 Å². The van der Waals surface area contributed by atoms with Crippen molar-refractivity contribution in [3.63, 3.8) is 0 Å². The molecule has 1 aliphatic heterocycles. The molecule has 74 valence electrons. The molecule has 0 N–H and O–H groups in total. The van der Waals surface area contributed by atoms with Crippen molar-refractivity contribution in [2.75, 3.05) is 6.61 Å². The van der Waals surface area contributed by atoms with Crippen molar-refractivity contribution >= 4 is 5.78 Å². The van der Waals surface area contributed by atoms with Gasteiger partial charge in [0.1, 0.15) is 5.78 Å². The summed E-state index contributed by atoms with van der Waals surface area (Å²) in [6, 6.07) is 0. The lowest BCUT2D eigenvalue weighted by molar-refractivity contribution is -0.121.